The summed E-state index contributed by atoms with van der Waals surface area (Å²) in [7, 11) is 5.85. The molecule has 3 nitrogen and oxygen atoms in total. The maximum atomic E-state index is 12.3. The van der Waals surface area contributed by atoms with Crippen LogP contribution in [-0.2, 0) is 0 Å². The molecule has 0 aliphatic heterocycles. The molecule has 0 aliphatic rings. The van der Waals surface area contributed by atoms with Gasteiger partial charge < -0.3 is 9.47 Å². The van der Waals surface area contributed by atoms with Crippen LogP contribution in [0.1, 0.15) is 35.7 Å². The van der Waals surface area contributed by atoms with Gasteiger partial charge in [0.15, 0.2) is 5.78 Å². The molecule has 19 heavy (non-hydrogen) atoms. The van der Waals surface area contributed by atoms with Crippen molar-refractivity contribution in [2.24, 2.45) is 0 Å². The van der Waals surface area contributed by atoms with Crippen molar-refractivity contribution in [2.45, 2.75) is 32.3 Å². The predicted octanol–water partition coefficient (Wildman–Crippen LogP) is 2.59. The number of aryl methyl sites for hydroxylation is 1. The van der Waals surface area contributed by atoms with Crippen LogP contribution in [0.4, 0.5) is 0 Å². The number of hydrogen-bond donors (Lipinski definition) is 0. The van der Waals surface area contributed by atoms with Gasteiger partial charge in [-0.3, -0.25) is 4.79 Å². The number of carbonyl (C=O) groups is 1. The molecule has 1 rings (SSSR count). The van der Waals surface area contributed by atoms with Crippen molar-refractivity contribution in [2.75, 3.05) is 14.2 Å². The molecule has 102 valence electrons. The van der Waals surface area contributed by atoms with Gasteiger partial charge in [-0.05, 0) is 36.7 Å². The van der Waals surface area contributed by atoms with Gasteiger partial charge >= 0.3 is 18.9 Å². The second-order valence-electron chi connectivity index (χ2n) is 4.48. The average Bonchev–Trinajstić information content (AvgIpc) is 2.34. The van der Waals surface area contributed by atoms with Crippen LogP contribution in [-0.4, -0.2) is 44.5 Å². The molecule has 0 spiro atoms. The first-order valence-electron chi connectivity index (χ1n) is 6.01. The van der Waals surface area contributed by atoms with E-state index in [4.69, 9.17) is 9.47 Å². The topological polar surface area (TPSA) is 35.5 Å². The first-order valence-corrected chi connectivity index (χ1v) is 6.67. The Morgan fingerprint density at radius 2 is 1.74 bits per heavy atom. The fourth-order valence-electron chi connectivity index (χ4n) is 1.80. The van der Waals surface area contributed by atoms with Crippen LogP contribution in [0, 0.1) is 6.92 Å². The number of rotatable bonds is 6. The monoisotopic (exact) mass is 276 g/mol. The molecule has 5 heteroatoms. The van der Waals surface area contributed by atoms with Crippen LogP contribution in [0.25, 0.3) is 0 Å². The van der Waals surface area contributed by atoms with Crippen LogP contribution < -0.4 is 9.47 Å². The molecular weight excluding hydrogens is 254 g/mol. The summed E-state index contributed by atoms with van der Waals surface area (Å²) in [5.74, 6) is 1.25. The molecule has 0 aromatic heterocycles. The molecular formula is C14H22LiO3P. The third-order valence-corrected chi connectivity index (χ3v) is 3.09. The summed E-state index contributed by atoms with van der Waals surface area (Å²) in [4.78, 5) is 12.3. The molecule has 0 aliphatic carbocycles. The molecule has 0 saturated heterocycles. The van der Waals surface area contributed by atoms with Crippen LogP contribution in [0.15, 0.2) is 12.1 Å². The molecule has 0 bridgehead atoms. The quantitative estimate of drug-likeness (QED) is 0.455. The van der Waals surface area contributed by atoms with Gasteiger partial charge in [-0.25, -0.2) is 0 Å². The van der Waals surface area contributed by atoms with Gasteiger partial charge in [0.05, 0.1) is 14.2 Å². The third kappa shape index (κ3) is 5.19. The Hall–Kier alpha value is -0.483. The second-order valence-corrected chi connectivity index (χ2v) is 5.62. The maximum absolute atomic E-state index is 12.3. The Morgan fingerprint density at radius 1 is 1.26 bits per heavy atom. The van der Waals surface area contributed by atoms with E-state index < -0.39 is 0 Å². The van der Waals surface area contributed by atoms with Crippen molar-refractivity contribution in [3.63, 3.8) is 0 Å². The van der Waals surface area contributed by atoms with Gasteiger partial charge in [-0.1, -0.05) is 6.92 Å². The van der Waals surface area contributed by atoms with Gasteiger partial charge in [-0.2, -0.15) is 0 Å². The number of ketones is 1. The van der Waals surface area contributed by atoms with Crippen molar-refractivity contribution in [1.82, 2.24) is 0 Å². The van der Waals surface area contributed by atoms with E-state index in [1.165, 1.54) is 0 Å². The number of benzene rings is 1. The van der Waals surface area contributed by atoms with Crippen molar-refractivity contribution >= 4 is 33.9 Å². The predicted molar refractivity (Wildman–Crippen MR) is 84.2 cm³/mol. The zero-order chi connectivity index (χ0) is 13.7. The van der Waals surface area contributed by atoms with Crippen molar-refractivity contribution in [3.8, 4) is 11.5 Å². The van der Waals surface area contributed by atoms with Crippen LogP contribution >= 0.6 is 9.24 Å². The summed E-state index contributed by atoms with van der Waals surface area (Å²) in [5.41, 5.74) is 1.99. The molecule has 0 heterocycles. The SMILES string of the molecule is COc1cc(C)cc(OC)c1C(=O)CCC(C)P.[LiH]. The summed E-state index contributed by atoms with van der Waals surface area (Å²) >= 11 is 0. The molecule has 0 saturated carbocycles. The number of hydrogen-bond acceptors (Lipinski definition) is 3. The first kappa shape index (κ1) is 18.5. The molecule has 0 amide bonds. The van der Waals surface area contributed by atoms with Crippen molar-refractivity contribution in [1.29, 1.82) is 0 Å². The van der Waals surface area contributed by atoms with Crippen molar-refractivity contribution < 1.29 is 14.3 Å². The molecule has 1 aromatic rings. The summed E-state index contributed by atoms with van der Waals surface area (Å²) in [6.45, 7) is 4.02. The van der Waals surface area contributed by atoms with E-state index in [9.17, 15) is 4.79 Å². The van der Waals surface area contributed by atoms with Gasteiger partial charge in [0.25, 0.3) is 0 Å². The zero-order valence-corrected chi connectivity index (χ0v) is 12.6. The normalized spacial score (nSPS) is 11.4. The van der Waals surface area contributed by atoms with Gasteiger partial charge in [0.2, 0.25) is 0 Å². The summed E-state index contributed by atoms with van der Waals surface area (Å²) in [5, 5.41) is 0. The Balaban J connectivity index is 0.00000324. The van der Waals surface area contributed by atoms with Gasteiger partial charge in [0, 0.05) is 6.42 Å². The second kappa shape index (κ2) is 8.64. The minimum absolute atomic E-state index is 0. The Kier molecular flexibility index (Phi) is 8.42. The molecule has 0 radical (unpaired) electrons. The Labute approximate surface area is 129 Å². The number of ether oxygens (including phenoxy) is 2. The average molecular weight is 276 g/mol. The fraction of sp³-hybridized carbons (Fsp3) is 0.500. The third-order valence-electron chi connectivity index (χ3n) is 2.76. The number of methoxy groups -OCH3 is 2. The molecule has 2 unspecified atom stereocenters. The minimum atomic E-state index is 0. The van der Waals surface area contributed by atoms with E-state index in [0.717, 1.165) is 12.0 Å². The van der Waals surface area contributed by atoms with Gasteiger partial charge in [0.1, 0.15) is 17.1 Å². The molecule has 0 fully saturated rings. The number of Topliss-reactive ketones (excluding diaryl/α,β-unsaturated/α-hetero) is 1. The number of carbonyl (C=O) groups excluding carboxylic acids is 1. The van der Waals surface area contributed by atoms with E-state index in [0.29, 0.717) is 29.1 Å². The fourth-order valence-corrected chi connectivity index (χ4v) is 1.97. The van der Waals surface area contributed by atoms with Crippen molar-refractivity contribution in [3.05, 3.63) is 23.3 Å². The molecule has 2 atom stereocenters. The van der Waals surface area contributed by atoms with Crippen LogP contribution in [0.5, 0.6) is 11.5 Å². The summed E-state index contributed by atoms with van der Waals surface area (Å²) in [6, 6.07) is 3.72. The standard InChI is InChI=1S/C14H21O3P.Li.H/c1-9-7-12(16-3)14(13(8-9)17-4)11(15)6-5-10(2)18;;/h7-8,10H,5-6,18H2,1-4H3;;. The van der Waals surface area contributed by atoms with E-state index in [2.05, 4.69) is 16.2 Å². The van der Waals surface area contributed by atoms with E-state index in [1.807, 2.05) is 19.1 Å². The van der Waals surface area contributed by atoms with Crippen LogP contribution in [0.2, 0.25) is 0 Å². The van der Waals surface area contributed by atoms with Crippen LogP contribution in [0.3, 0.4) is 0 Å². The summed E-state index contributed by atoms with van der Waals surface area (Å²) in [6.07, 6.45) is 1.34. The van der Waals surface area contributed by atoms with E-state index in [-0.39, 0.29) is 24.6 Å². The zero-order valence-electron chi connectivity index (χ0n) is 11.4. The van der Waals surface area contributed by atoms with Gasteiger partial charge in [-0.15, -0.1) is 9.24 Å². The van der Waals surface area contributed by atoms with E-state index >= 15 is 0 Å². The Morgan fingerprint density at radius 3 is 2.11 bits per heavy atom. The molecule has 1 aromatic carbocycles. The van der Waals surface area contributed by atoms with E-state index in [1.54, 1.807) is 14.2 Å². The summed E-state index contributed by atoms with van der Waals surface area (Å²) < 4.78 is 10.6. The Bertz CT molecular complexity index is 408. The molecule has 0 N–H and O–H groups in total. The first-order chi connectivity index (χ1) is 8.49.